The van der Waals surface area contributed by atoms with Crippen LogP contribution in [0.25, 0.3) is 0 Å². The number of rotatable bonds is 8. The van der Waals surface area contributed by atoms with E-state index in [1.54, 1.807) is 18.2 Å². The molecule has 0 spiro atoms. The summed E-state index contributed by atoms with van der Waals surface area (Å²) in [5, 5.41) is 13.2. The van der Waals surface area contributed by atoms with Gasteiger partial charge in [-0.2, -0.15) is 0 Å². The molecule has 4 N–H and O–H groups in total. The van der Waals surface area contributed by atoms with Crippen LogP contribution in [-0.2, 0) is 4.79 Å². The number of esters is 1. The first-order chi connectivity index (χ1) is 9.93. The van der Waals surface area contributed by atoms with Gasteiger partial charge in [-0.25, -0.2) is 0 Å². The van der Waals surface area contributed by atoms with E-state index in [2.05, 4.69) is 5.32 Å². The summed E-state index contributed by atoms with van der Waals surface area (Å²) in [4.78, 5) is 11.6. The number of carbonyl (C=O) groups excluding carboxylic acids is 1. The number of nitrogens with two attached hydrogens (primary N) is 1. The van der Waals surface area contributed by atoms with E-state index in [-0.39, 0.29) is 5.97 Å². The van der Waals surface area contributed by atoms with Crippen molar-refractivity contribution in [1.82, 2.24) is 5.32 Å². The van der Waals surface area contributed by atoms with E-state index in [4.69, 9.17) is 10.5 Å². The van der Waals surface area contributed by atoms with Gasteiger partial charge in [-0.3, -0.25) is 4.79 Å². The lowest BCUT2D eigenvalue weighted by Gasteiger charge is -2.16. The summed E-state index contributed by atoms with van der Waals surface area (Å²) in [6, 6.07) is 5.31. The molecule has 1 rings (SSSR count). The minimum absolute atomic E-state index is 0.279. The molecular formula is C16H26N2O3. The SMILES string of the molecule is CCCCC(=O)Oc1ccc(C(O)CNC(C)C)cc1N. The Morgan fingerprint density at radius 3 is 2.71 bits per heavy atom. The van der Waals surface area contributed by atoms with Gasteiger partial charge in [0.25, 0.3) is 0 Å². The molecule has 1 unspecified atom stereocenters. The molecule has 1 aromatic carbocycles. The molecule has 0 radical (unpaired) electrons. The largest absolute Gasteiger partial charge is 0.424 e. The molecule has 5 heteroatoms. The summed E-state index contributed by atoms with van der Waals surface area (Å²) in [5.41, 5.74) is 6.95. The number of hydrogen-bond donors (Lipinski definition) is 3. The van der Waals surface area contributed by atoms with Gasteiger partial charge in [0.2, 0.25) is 0 Å². The van der Waals surface area contributed by atoms with Crippen LogP contribution in [-0.4, -0.2) is 23.7 Å². The number of unbranched alkanes of at least 4 members (excludes halogenated alkanes) is 1. The van der Waals surface area contributed by atoms with E-state index < -0.39 is 6.10 Å². The molecule has 5 nitrogen and oxygen atoms in total. The lowest BCUT2D eigenvalue weighted by molar-refractivity contribution is -0.134. The van der Waals surface area contributed by atoms with Crippen molar-refractivity contribution in [3.8, 4) is 5.75 Å². The first-order valence-corrected chi connectivity index (χ1v) is 7.45. The van der Waals surface area contributed by atoms with Crippen LogP contribution in [0.2, 0.25) is 0 Å². The highest BCUT2D eigenvalue weighted by molar-refractivity contribution is 5.74. The fourth-order valence-electron chi connectivity index (χ4n) is 1.83. The monoisotopic (exact) mass is 294 g/mol. The third-order valence-corrected chi connectivity index (χ3v) is 3.10. The molecule has 0 saturated heterocycles. The van der Waals surface area contributed by atoms with Gasteiger partial charge in [0, 0.05) is 19.0 Å². The molecule has 0 aromatic heterocycles. The van der Waals surface area contributed by atoms with Crippen molar-refractivity contribution in [2.24, 2.45) is 0 Å². The Bertz CT molecular complexity index is 461. The lowest BCUT2D eigenvalue weighted by Crippen LogP contribution is -2.27. The molecule has 1 atom stereocenters. The lowest BCUT2D eigenvalue weighted by atomic mass is 10.1. The second-order valence-electron chi connectivity index (χ2n) is 5.45. The number of ether oxygens (including phenoxy) is 1. The van der Waals surface area contributed by atoms with Crippen LogP contribution in [0.5, 0.6) is 5.75 Å². The number of nitrogen functional groups attached to an aromatic ring is 1. The van der Waals surface area contributed by atoms with Crippen molar-refractivity contribution in [2.45, 2.75) is 52.2 Å². The van der Waals surface area contributed by atoms with Gasteiger partial charge in [0.15, 0.2) is 5.75 Å². The second kappa shape index (κ2) is 8.64. The van der Waals surface area contributed by atoms with E-state index in [1.807, 2.05) is 20.8 Å². The fourth-order valence-corrected chi connectivity index (χ4v) is 1.83. The normalized spacial score (nSPS) is 12.4. The standard InChI is InChI=1S/C16H26N2O3/c1-4-5-6-16(20)21-15-8-7-12(9-13(15)17)14(19)10-18-11(2)3/h7-9,11,14,18-19H,4-6,10,17H2,1-3H3. The summed E-state index contributed by atoms with van der Waals surface area (Å²) in [6.45, 7) is 6.50. The van der Waals surface area contributed by atoms with Crippen LogP contribution in [0.15, 0.2) is 18.2 Å². The minimum Gasteiger partial charge on any atom is -0.424 e. The predicted molar refractivity (Wildman–Crippen MR) is 84.1 cm³/mol. The van der Waals surface area contributed by atoms with Gasteiger partial charge in [-0.15, -0.1) is 0 Å². The Balaban J connectivity index is 2.65. The first-order valence-electron chi connectivity index (χ1n) is 7.45. The number of hydrogen-bond acceptors (Lipinski definition) is 5. The minimum atomic E-state index is -0.639. The van der Waals surface area contributed by atoms with Gasteiger partial charge in [0.1, 0.15) is 0 Å². The van der Waals surface area contributed by atoms with Gasteiger partial charge in [0.05, 0.1) is 11.8 Å². The zero-order chi connectivity index (χ0) is 15.8. The molecule has 0 aliphatic carbocycles. The highest BCUT2D eigenvalue weighted by Gasteiger charge is 2.12. The van der Waals surface area contributed by atoms with Crippen LogP contribution < -0.4 is 15.8 Å². The van der Waals surface area contributed by atoms with Crippen molar-refractivity contribution < 1.29 is 14.6 Å². The van der Waals surface area contributed by atoms with Crippen molar-refractivity contribution >= 4 is 11.7 Å². The molecule has 118 valence electrons. The number of nitrogens with one attached hydrogen (secondary N) is 1. The maximum atomic E-state index is 11.6. The Morgan fingerprint density at radius 1 is 1.43 bits per heavy atom. The highest BCUT2D eigenvalue weighted by Crippen LogP contribution is 2.26. The molecular weight excluding hydrogens is 268 g/mol. The molecule has 1 aromatic rings. The van der Waals surface area contributed by atoms with Crippen LogP contribution in [0.1, 0.15) is 51.7 Å². The molecule has 0 bridgehead atoms. The summed E-state index contributed by atoms with van der Waals surface area (Å²) in [6.07, 6.45) is 1.49. The average molecular weight is 294 g/mol. The van der Waals surface area contributed by atoms with Crippen LogP contribution >= 0.6 is 0 Å². The van der Waals surface area contributed by atoms with Crippen LogP contribution in [0.3, 0.4) is 0 Å². The summed E-state index contributed by atoms with van der Waals surface area (Å²) in [7, 11) is 0. The fraction of sp³-hybridized carbons (Fsp3) is 0.562. The average Bonchev–Trinajstić information content (AvgIpc) is 2.44. The van der Waals surface area contributed by atoms with Gasteiger partial charge < -0.3 is 20.9 Å². The number of carbonyl (C=O) groups is 1. The Morgan fingerprint density at radius 2 is 2.14 bits per heavy atom. The molecule has 0 saturated carbocycles. The van der Waals surface area contributed by atoms with Crippen LogP contribution in [0.4, 0.5) is 5.69 Å². The quantitative estimate of drug-likeness (QED) is 0.389. The third kappa shape index (κ3) is 6.14. The van der Waals surface area contributed by atoms with Crippen LogP contribution in [0, 0.1) is 0 Å². The van der Waals surface area contributed by atoms with E-state index in [0.717, 1.165) is 12.8 Å². The Kier molecular flexibility index (Phi) is 7.19. The third-order valence-electron chi connectivity index (χ3n) is 3.10. The molecule has 0 heterocycles. The van der Waals surface area contributed by atoms with E-state index in [1.165, 1.54) is 0 Å². The zero-order valence-electron chi connectivity index (χ0n) is 13.1. The number of aliphatic hydroxyl groups excluding tert-OH is 1. The zero-order valence-corrected chi connectivity index (χ0v) is 13.1. The summed E-state index contributed by atoms with van der Waals surface area (Å²) < 4.78 is 5.22. The maximum Gasteiger partial charge on any atom is 0.311 e. The second-order valence-corrected chi connectivity index (χ2v) is 5.45. The molecule has 0 fully saturated rings. The number of anilines is 1. The molecule has 0 aliphatic rings. The molecule has 0 amide bonds. The smallest absolute Gasteiger partial charge is 0.311 e. The topological polar surface area (TPSA) is 84.6 Å². The van der Waals surface area contributed by atoms with E-state index in [9.17, 15) is 9.90 Å². The van der Waals surface area contributed by atoms with E-state index >= 15 is 0 Å². The van der Waals surface area contributed by atoms with Gasteiger partial charge in [-0.05, 0) is 24.1 Å². The van der Waals surface area contributed by atoms with Gasteiger partial charge in [-0.1, -0.05) is 33.3 Å². The van der Waals surface area contributed by atoms with Crippen molar-refractivity contribution in [2.75, 3.05) is 12.3 Å². The van der Waals surface area contributed by atoms with Crippen molar-refractivity contribution in [1.29, 1.82) is 0 Å². The van der Waals surface area contributed by atoms with E-state index in [0.29, 0.717) is 36.0 Å². The van der Waals surface area contributed by atoms with Gasteiger partial charge >= 0.3 is 5.97 Å². The maximum absolute atomic E-state index is 11.6. The number of benzene rings is 1. The summed E-state index contributed by atoms with van der Waals surface area (Å²) >= 11 is 0. The van der Waals surface area contributed by atoms with Crippen molar-refractivity contribution in [3.63, 3.8) is 0 Å². The first kappa shape index (κ1) is 17.5. The Hall–Kier alpha value is -1.59. The predicted octanol–water partition coefficient (Wildman–Crippen LogP) is 2.40. The molecule has 21 heavy (non-hydrogen) atoms. The highest BCUT2D eigenvalue weighted by atomic mass is 16.5. The van der Waals surface area contributed by atoms with Crippen molar-refractivity contribution in [3.05, 3.63) is 23.8 Å². The molecule has 0 aliphatic heterocycles. The summed E-state index contributed by atoms with van der Waals surface area (Å²) in [5.74, 6) is 0.0715. The Labute approximate surface area is 126 Å². The number of aliphatic hydroxyl groups is 1.